The molecule has 0 fully saturated rings. The van der Waals surface area contributed by atoms with Gasteiger partial charge in [0.1, 0.15) is 11.8 Å². The molecule has 1 aliphatic rings. The van der Waals surface area contributed by atoms with Gasteiger partial charge < -0.3 is 10.6 Å². The molecule has 0 bridgehead atoms. The summed E-state index contributed by atoms with van der Waals surface area (Å²) in [5.41, 5.74) is 4.28. The summed E-state index contributed by atoms with van der Waals surface area (Å²) in [5, 5.41) is 15.2. The first kappa shape index (κ1) is 11.6. The van der Waals surface area contributed by atoms with E-state index in [0.29, 0.717) is 18.2 Å². The maximum Gasteiger partial charge on any atom is 0.224 e. The Morgan fingerprint density at radius 3 is 3.05 bits per heavy atom. The minimum absolute atomic E-state index is 0.371. The van der Waals surface area contributed by atoms with Crippen LogP contribution in [0.3, 0.4) is 0 Å². The molecule has 5 heteroatoms. The molecular formula is C14H13N5. The van der Waals surface area contributed by atoms with Gasteiger partial charge >= 0.3 is 0 Å². The highest BCUT2D eigenvalue weighted by atomic mass is 15.1. The highest BCUT2D eigenvalue weighted by Crippen LogP contribution is 2.17. The number of benzene rings is 1. The molecule has 94 valence electrons. The predicted octanol–water partition coefficient (Wildman–Crippen LogP) is 1.56. The average Bonchev–Trinajstić information content (AvgIpc) is 2.93. The number of fused-ring (bicyclic) bond motifs is 1. The molecular weight excluding hydrogens is 238 g/mol. The number of rotatable bonds is 3. The molecule has 3 rings (SSSR count). The van der Waals surface area contributed by atoms with E-state index in [1.165, 1.54) is 16.7 Å². The molecule has 1 aromatic carbocycles. The van der Waals surface area contributed by atoms with E-state index in [-0.39, 0.29) is 0 Å². The third-order valence-electron chi connectivity index (χ3n) is 3.12. The van der Waals surface area contributed by atoms with Crippen LogP contribution < -0.4 is 10.6 Å². The quantitative estimate of drug-likeness (QED) is 0.866. The zero-order chi connectivity index (χ0) is 13.1. The highest BCUT2D eigenvalue weighted by molar-refractivity contribution is 5.37. The highest BCUT2D eigenvalue weighted by Gasteiger charge is 2.09. The summed E-state index contributed by atoms with van der Waals surface area (Å²) in [6, 6.07) is 10.0. The molecule has 2 aromatic rings. The SMILES string of the molecule is N#Cc1ccnc(NCc2ccc3c(c2)CNC3)n1. The van der Waals surface area contributed by atoms with Gasteiger partial charge in [-0.3, -0.25) is 0 Å². The summed E-state index contributed by atoms with van der Waals surface area (Å²) in [5.74, 6) is 0.484. The Morgan fingerprint density at radius 2 is 2.16 bits per heavy atom. The van der Waals surface area contributed by atoms with Crippen molar-refractivity contribution >= 4 is 5.95 Å². The van der Waals surface area contributed by atoms with Crippen LogP contribution >= 0.6 is 0 Å². The second kappa shape index (κ2) is 5.04. The maximum atomic E-state index is 8.78. The van der Waals surface area contributed by atoms with Gasteiger partial charge in [0.2, 0.25) is 5.95 Å². The summed E-state index contributed by atoms with van der Waals surface area (Å²) in [7, 11) is 0. The van der Waals surface area contributed by atoms with Gasteiger partial charge in [-0.15, -0.1) is 0 Å². The molecule has 19 heavy (non-hydrogen) atoms. The lowest BCUT2D eigenvalue weighted by Gasteiger charge is -2.06. The van der Waals surface area contributed by atoms with Crippen LogP contribution in [0, 0.1) is 11.3 Å². The van der Waals surface area contributed by atoms with Gasteiger partial charge in [-0.25, -0.2) is 9.97 Å². The van der Waals surface area contributed by atoms with Gasteiger partial charge in [0, 0.05) is 25.8 Å². The third kappa shape index (κ3) is 2.54. The van der Waals surface area contributed by atoms with Crippen molar-refractivity contribution in [2.75, 3.05) is 5.32 Å². The molecule has 0 saturated carbocycles. The summed E-state index contributed by atoms with van der Waals surface area (Å²) < 4.78 is 0. The van der Waals surface area contributed by atoms with Gasteiger partial charge in [0.25, 0.3) is 0 Å². The second-order valence-corrected chi connectivity index (χ2v) is 4.44. The van der Waals surface area contributed by atoms with Gasteiger partial charge in [0.05, 0.1) is 0 Å². The lowest BCUT2D eigenvalue weighted by atomic mass is 10.1. The van der Waals surface area contributed by atoms with Crippen molar-refractivity contribution in [3.05, 3.63) is 52.8 Å². The first-order valence-electron chi connectivity index (χ1n) is 6.13. The Kier molecular flexibility index (Phi) is 3.09. The molecule has 2 heterocycles. The lowest BCUT2D eigenvalue weighted by molar-refractivity contribution is 0.764. The van der Waals surface area contributed by atoms with E-state index in [4.69, 9.17) is 5.26 Å². The molecule has 0 atom stereocenters. The molecule has 0 aliphatic carbocycles. The molecule has 1 aromatic heterocycles. The van der Waals surface area contributed by atoms with Crippen molar-refractivity contribution < 1.29 is 0 Å². The number of nitriles is 1. The van der Waals surface area contributed by atoms with Crippen molar-refractivity contribution in [1.82, 2.24) is 15.3 Å². The van der Waals surface area contributed by atoms with Crippen LogP contribution in [0.15, 0.2) is 30.5 Å². The summed E-state index contributed by atoms with van der Waals surface area (Å²) in [6.07, 6.45) is 1.58. The minimum Gasteiger partial charge on any atom is -0.350 e. The van der Waals surface area contributed by atoms with E-state index in [2.05, 4.69) is 38.8 Å². The number of nitrogens with zero attached hydrogens (tertiary/aromatic N) is 3. The van der Waals surface area contributed by atoms with E-state index in [1.807, 2.05) is 6.07 Å². The van der Waals surface area contributed by atoms with Gasteiger partial charge in [-0.1, -0.05) is 18.2 Å². The van der Waals surface area contributed by atoms with E-state index in [0.717, 1.165) is 13.1 Å². The molecule has 0 amide bonds. The number of aromatic nitrogens is 2. The fourth-order valence-corrected chi connectivity index (χ4v) is 2.15. The Bertz CT molecular complexity index is 645. The second-order valence-electron chi connectivity index (χ2n) is 4.44. The number of hydrogen-bond acceptors (Lipinski definition) is 5. The van der Waals surface area contributed by atoms with Crippen LogP contribution in [-0.2, 0) is 19.6 Å². The Morgan fingerprint density at radius 1 is 1.26 bits per heavy atom. The van der Waals surface area contributed by atoms with Gasteiger partial charge in [-0.2, -0.15) is 5.26 Å². The van der Waals surface area contributed by atoms with Crippen LogP contribution in [0.4, 0.5) is 5.95 Å². The van der Waals surface area contributed by atoms with Crippen molar-refractivity contribution in [2.24, 2.45) is 0 Å². The standard InChI is InChI=1S/C14H13N5/c15-6-13-3-4-17-14(19-13)18-7-10-1-2-11-8-16-9-12(11)5-10/h1-5,16H,7-9H2,(H,17,18,19). The van der Waals surface area contributed by atoms with Crippen LogP contribution in [-0.4, -0.2) is 9.97 Å². The largest absolute Gasteiger partial charge is 0.350 e. The normalized spacial score (nSPS) is 12.8. The molecule has 1 aliphatic heterocycles. The Labute approximate surface area is 111 Å². The number of hydrogen-bond donors (Lipinski definition) is 2. The summed E-state index contributed by atoms with van der Waals surface area (Å²) >= 11 is 0. The minimum atomic E-state index is 0.371. The fraction of sp³-hybridized carbons (Fsp3) is 0.214. The topological polar surface area (TPSA) is 73.6 Å². The Hall–Kier alpha value is -2.45. The smallest absolute Gasteiger partial charge is 0.224 e. The summed E-state index contributed by atoms with van der Waals surface area (Å²) in [4.78, 5) is 8.17. The van der Waals surface area contributed by atoms with Gasteiger partial charge in [-0.05, 0) is 22.8 Å². The van der Waals surface area contributed by atoms with E-state index in [1.54, 1.807) is 12.3 Å². The molecule has 0 saturated heterocycles. The first-order valence-corrected chi connectivity index (χ1v) is 6.13. The zero-order valence-electron chi connectivity index (χ0n) is 10.3. The van der Waals surface area contributed by atoms with Crippen molar-refractivity contribution in [3.63, 3.8) is 0 Å². The molecule has 5 nitrogen and oxygen atoms in total. The average molecular weight is 251 g/mol. The van der Waals surface area contributed by atoms with E-state index >= 15 is 0 Å². The third-order valence-corrected chi connectivity index (χ3v) is 3.12. The lowest BCUT2D eigenvalue weighted by Crippen LogP contribution is -2.04. The van der Waals surface area contributed by atoms with Crippen molar-refractivity contribution in [1.29, 1.82) is 5.26 Å². The molecule has 0 spiro atoms. The van der Waals surface area contributed by atoms with E-state index in [9.17, 15) is 0 Å². The van der Waals surface area contributed by atoms with Crippen molar-refractivity contribution in [2.45, 2.75) is 19.6 Å². The maximum absolute atomic E-state index is 8.78. The number of anilines is 1. The molecule has 0 radical (unpaired) electrons. The molecule has 0 unspecified atom stereocenters. The fourth-order valence-electron chi connectivity index (χ4n) is 2.15. The van der Waals surface area contributed by atoms with Crippen LogP contribution in [0.2, 0.25) is 0 Å². The monoisotopic (exact) mass is 251 g/mol. The predicted molar refractivity (Wildman–Crippen MR) is 71.1 cm³/mol. The zero-order valence-corrected chi connectivity index (χ0v) is 10.3. The van der Waals surface area contributed by atoms with Gasteiger partial charge in [0.15, 0.2) is 0 Å². The van der Waals surface area contributed by atoms with E-state index < -0.39 is 0 Å². The van der Waals surface area contributed by atoms with Crippen LogP contribution in [0.1, 0.15) is 22.4 Å². The van der Waals surface area contributed by atoms with Crippen molar-refractivity contribution in [3.8, 4) is 6.07 Å². The van der Waals surface area contributed by atoms with Crippen LogP contribution in [0.25, 0.3) is 0 Å². The first-order chi connectivity index (χ1) is 9.35. The van der Waals surface area contributed by atoms with Crippen LogP contribution in [0.5, 0.6) is 0 Å². The number of nitrogens with one attached hydrogen (secondary N) is 2. The summed E-state index contributed by atoms with van der Waals surface area (Å²) in [6.45, 7) is 2.54. The Balaban J connectivity index is 1.70. The molecule has 2 N–H and O–H groups in total.